The number of rotatable bonds is 4. The number of benzene rings is 2. The fraction of sp³-hybridized carbons (Fsp3) is 0.350. The van der Waals surface area contributed by atoms with E-state index >= 15 is 0 Å². The van der Waals surface area contributed by atoms with E-state index in [0.29, 0.717) is 11.3 Å². The fourth-order valence-electron chi connectivity index (χ4n) is 3.09. The Morgan fingerprint density at radius 2 is 1.73 bits per heavy atom. The van der Waals surface area contributed by atoms with Crippen LogP contribution >= 0.6 is 0 Å². The van der Waals surface area contributed by atoms with Crippen molar-refractivity contribution in [3.05, 3.63) is 54.1 Å². The Hall–Kier alpha value is -2.34. The lowest BCUT2D eigenvalue weighted by atomic mass is 9.99. The zero-order valence-corrected chi connectivity index (χ0v) is 15.9. The van der Waals surface area contributed by atoms with Crippen LogP contribution in [-0.4, -0.2) is 33.7 Å². The minimum atomic E-state index is -3.34. The van der Waals surface area contributed by atoms with Gasteiger partial charge in [0.15, 0.2) is 9.84 Å². The van der Waals surface area contributed by atoms with Gasteiger partial charge in [0.25, 0.3) is 5.91 Å². The molecule has 5 nitrogen and oxygen atoms in total. The third kappa shape index (κ3) is 4.43. The lowest BCUT2D eigenvalue weighted by Crippen LogP contribution is -2.32. The SMILES string of the molecule is CC1CCN(c2ccc(NC(=O)c3cccc(S(C)(=O)=O)c3)cc2)CC1. The molecule has 0 radical (unpaired) electrons. The number of hydrogen-bond donors (Lipinski definition) is 1. The summed E-state index contributed by atoms with van der Waals surface area (Å²) in [7, 11) is -3.34. The number of nitrogens with one attached hydrogen (secondary N) is 1. The maximum Gasteiger partial charge on any atom is 0.255 e. The van der Waals surface area contributed by atoms with Gasteiger partial charge in [-0.15, -0.1) is 0 Å². The molecule has 2 aromatic rings. The molecule has 1 aliphatic rings. The summed E-state index contributed by atoms with van der Waals surface area (Å²) in [6.45, 7) is 4.41. The second-order valence-electron chi connectivity index (χ2n) is 6.97. The Balaban J connectivity index is 1.68. The van der Waals surface area contributed by atoms with E-state index in [4.69, 9.17) is 0 Å². The molecule has 0 spiro atoms. The highest BCUT2D eigenvalue weighted by atomic mass is 32.2. The number of nitrogens with zero attached hydrogens (tertiary/aromatic N) is 1. The second kappa shape index (κ2) is 7.50. The van der Waals surface area contributed by atoms with Crippen LogP contribution in [0.1, 0.15) is 30.1 Å². The highest BCUT2D eigenvalue weighted by molar-refractivity contribution is 7.90. The van der Waals surface area contributed by atoms with Crippen molar-refractivity contribution < 1.29 is 13.2 Å². The van der Waals surface area contributed by atoms with Gasteiger partial charge in [-0.05, 0) is 61.2 Å². The first-order valence-corrected chi connectivity index (χ1v) is 10.7. The van der Waals surface area contributed by atoms with Gasteiger partial charge in [0.1, 0.15) is 0 Å². The molecule has 0 aromatic heterocycles. The Morgan fingerprint density at radius 1 is 1.08 bits per heavy atom. The van der Waals surface area contributed by atoms with E-state index in [1.54, 1.807) is 12.1 Å². The van der Waals surface area contributed by atoms with E-state index < -0.39 is 9.84 Å². The van der Waals surface area contributed by atoms with Crippen LogP contribution in [0, 0.1) is 5.92 Å². The van der Waals surface area contributed by atoms with Crippen molar-refractivity contribution in [2.24, 2.45) is 5.92 Å². The average molecular weight is 372 g/mol. The summed E-state index contributed by atoms with van der Waals surface area (Å²) in [5.74, 6) is 0.461. The molecule has 0 saturated carbocycles. The lowest BCUT2D eigenvalue weighted by molar-refractivity contribution is 0.102. The quantitative estimate of drug-likeness (QED) is 0.891. The van der Waals surface area contributed by atoms with Crippen LogP contribution < -0.4 is 10.2 Å². The van der Waals surface area contributed by atoms with Gasteiger partial charge >= 0.3 is 0 Å². The minimum absolute atomic E-state index is 0.139. The van der Waals surface area contributed by atoms with E-state index in [-0.39, 0.29) is 10.8 Å². The molecule has 26 heavy (non-hydrogen) atoms. The van der Waals surface area contributed by atoms with Crippen molar-refractivity contribution in [3.63, 3.8) is 0 Å². The number of anilines is 2. The summed E-state index contributed by atoms with van der Waals surface area (Å²) in [5, 5.41) is 2.82. The second-order valence-corrected chi connectivity index (χ2v) is 8.99. The molecule has 1 heterocycles. The third-order valence-corrected chi connectivity index (χ3v) is 5.91. The summed E-state index contributed by atoms with van der Waals surface area (Å²) >= 11 is 0. The summed E-state index contributed by atoms with van der Waals surface area (Å²) in [5.41, 5.74) is 2.17. The standard InChI is InChI=1S/C20H24N2O3S/c1-15-10-12-22(13-11-15)18-8-6-17(7-9-18)21-20(23)16-4-3-5-19(14-16)26(2,24)25/h3-9,14-15H,10-13H2,1-2H3,(H,21,23). The number of carbonyl (C=O) groups is 1. The Morgan fingerprint density at radius 3 is 2.35 bits per heavy atom. The molecule has 2 aromatic carbocycles. The average Bonchev–Trinajstić information content (AvgIpc) is 2.62. The molecule has 1 saturated heterocycles. The fourth-order valence-corrected chi connectivity index (χ4v) is 3.76. The van der Waals surface area contributed by atoms with Gasteiger partial charge in [0.2, 0.25) is 0 Å². The molecular formula is C20H24N2O3S. The Bertz CT molecular complexity index is 884. The maximum atomic E-state index is 12.4. The van der Waals surface area contributed by atoms with Crippen molar-refractivity contribution in [3.8, 4) is 0 Å². The number of piperidine rings is 1. The summed E-state index contributed by atoms with van der Waals surface area (Å²) < 4.78 is 23.3. The molecule has 1 N–H and O–H groups in total. The van der Waals surface area contributed by atoms with Gasteiger partial charge in [0.05, 0.1) is 4.90 Å². The molecule has 1 amide bonds. The van der Waals surface area contributed by atoms with Crippen LogP contribution in [0.15, 0.2) is 53.4 Å². The first-order chi connectivity index (χ1) is 12.3. The van der Waals surface area contributed by atoms with Crippen molar-refractivity contribution in [2.45, 2.75) is 24.7 Å². The normalized spacial score (nSPS) is 15.7. The zero-order chi connectivity index (χ0) is 18.7. The monoisotopic (exact) mass is 372 g/mol. The number of amides is 1. The van der Waals surface area contributed by atoms with Gasteiger partial charge in [-0.3, -0.25) is 4.79 Å². The molecule has 1 fully saturated rings. The van der Waals surface area contributed by atoms with Gasteiger partial charge in [0, 0.05) is 36.3 Å². The van der Waals surface area contributed by atoms with E-state index in [2.05, 4.69) is 17.1 Å². The van der Waals surface area contributed by atoms with Crippen molar-refractivity contribution in [2.75, 3.05) is 29.6 Å². The van der Waals surface area contributed by atoms with Crippen LogP contribution in [-0.2, 0) is 9.84 Å². The highest BCUT2D eigenvalue weighted by Crippen LogP contribution is 2.24. The number of carbonyl (C=O) groups excluding carboxylic acids is 1. The van der Waals surface area contributed by atoms with E-state index in [1.165, 1.54) is 25.0 Å². The smallest absolute Gasteiger partial charge is 0.255 e. The van der Waals surface area contributed by atoms with Crippen LogP contribution in [0.3, 0.4) is 0 Å². The molecule has 0 bridgehead atoms. The minimum Gasteiger partial charge on any atom is -0.372 e. The molecule has 6 heteroatoms. The first kappa shape index (κ1) is 18.5. The summed E-state index contributed by atoms with van der Waals surface area (Å²) in [6.07, 6.45) is 3.54. The lowest BCUT2D eigenvalue weighted by Gasteiger charge is -2.32. The molecule has 0 atom stereocenters. The first-order valence-electron chi connectivity index (χ1n) is 8.79. The zero-order valence-electron chi connectivity index (χ0n) is 15.1. The maximum absolute atomic E-state index is 12.4. The summed E-state index contributed by atoms with van der Waals surface area (Å²) in [4.78, 5) is 14.9. The van der Waals surface area contributed by atoms with Crippen molar-refractivity contribution >= 4 is 27.1 Å². The number of hydrogen-bond acceptors (Lipinski definition) is 4. The highest BCUT2D eigenvalue weighted by Gasteiger charge is 2.16. The van der Waals surface area contributed by atoms with Crippen LogP contribution in [0.25, 0.3) is 0 Å². The van der Waals surface area contributed by atoms with Gasteiger partial charge < -0.3 is 10.2 Å². The largest absolute Gasteiger partial charge is 0.372 e. The van der Waals surface area contributed by atoms with Crippen LogP contribution in [0.5, 0.6) is 0 Å². The molecule has 0 unspecified atom stereocenters. The van der Waals surface area contributed by atoms with Crippen LogP contribution in [0.4, 0.5) is 11.4 Å². The van der Waals surface area contributed by atoms with E-state index in [9.17, 15) is 13.2 Å². The molecule has 0 aliphatic carbocycles. The topological polar surface area (TPSA) is 66.5 Å². The predicted molar refractivity (Wildman–Crippen MR) is 105 cm³/mol. The Kier molecular flexibility index (Phi) is 5.32. The predicted octanol–water partition coefficient (Wildman–Crippen LogP) is 3.58. The van der Waals surface area contributed by atoms with E-state index in [0.717, 1.165) is 31.0 Å². The van der Waals surface area contributed by atoms with Gasteiger partial charge in [-0.25, -0.2) is 8.42 Å². The third-order valence-electron chi connectivity index (χ3n) is 4.80. The molecule has 3 rings (SSSR count). The Labute approximate surface area is 154 Å². The van der Waals surface area contributed by atoms with Gasteiger partial charge in [-0.2, -0.15) is 0 Å². The van der Waals surface area contributed by atoms with E-state index in [1.807, 2.05) is 24.3 Å². The molecule has 138 valence electrons. The summed E-state index contributed by atoms with van der Waals surface area (Å²) in [6, 6.07) is 13.8. The van der Waals surface area contributed by atoms with Crippen molar-refractivity contribution in [1.29, 1.82) is 0 Å². The van der Waals surface area contributed by atoms with Crippen molar-refractivity contribution in [1.82, 2.24) is 0 Å². The molecular weight excluding hydrogens is 348 g/mol. The number of sulfone groups is 1. The van der Waals surface area contributed by atoms with Crippen LogP contribution in [0.2, 0.25) is 0 Å². The molecule has 1 aliphatic heterocycles. The van der Waals surface area contributed by atoms with Gasteiger partial charge in [-0.1, -0.05) is 13.0 Å².